The van der Waals surface area contributed by atoms with Crippen molar-refractivity contribution in [1.82, 2.24) is 15.3 Å². The first kappa shape index (κ1) is 15.4. The van der Waals surface area contributed by atoms with Crippen molar-refractivity contribution in [3.63, 3.8) is 0 Å². The Hall–Kier alpha value is -2.53. The second kappa shape index (κ2) is 6.71. The predicted molar refractivity (Wildman–Crippen MR) is 93.5 cm³/mol. The van der Waals surface area contributed by atoms with E-state index in [0.717, 1.165) is 28.2 Å². The number of thiazole rings is 1. The van der Waals surface area contributed by atoms with Crippen LogP contribution in [0.5, 0.6) is 0 Å². The largest absolute Gasteiger partial charge is 0.355 e. The van der Waals surface area contributed by atoms with Crippen LogP contribution in [0.15, 0.2) is 48.1 Å². The van der Waals surface area contributed by atoms with Crippen molar-refractivity contribution >= 4 is 17.2 Å². The van der Waals surface area contributed by atoms with Crippen LogP contribution in [0.2, 0.25) is 0 Å². The van der Waals surface area contributed by atoms with E-state index < -0.39 is 0 Å². The first-order chi connectivity index (χ1) is 11.2. The summed E-state index contributed by atoms with van der Waals surface area (Å²) in [6.07, 6.45) is 4.61. The number of amides is 1. The monoisotopic (exact) mass is 323 g/mol. The van der Waals surface area contributed by atoms with E-state index in [2.05, 4.69) is 17.2 Å². The van der Waals surface area contributed by atoms with E-state index in [-0.39, 0.29) is 5.91 Å². The van der Waals surface area contributed by atoms with Crippen LogP contribution in [-0.4, -0.2) is 22.9 Å². The Balaban J connectivity index is 1.98. The molecule has 2 heterocycles. The number of nitrogens with one attached hydrogen (secondary N) is 1. The first-order valence-corrected chi connectivity index (χ1v) is 8.32. The molecule has 0 aliphatic carbocycles. The molecule has 1 amide bonds. The molecule has 0 radical (unpaired) electrons. The zero-order chi connectivity index (χ0) is 16.2. The fraction of sp³-hybridized carbons (Fsp3) is 0.167. The number of hydrogen-bond donors (Lipinski definition) is 1. The van der Waals surface area contributed by atoms with Gasteiger partial charge < -0.3 is 5.32 Å². The molecule has 0 spiro atoms. The number of benzene rings is 1. The maximum Gasteiger partial charge on any atom is 0.251 e. The Morgan fingerprint density at radius 3 is 2.96 bits per heavy atom. The summed E-state index contributed by atoms with van der Waals surface area (Å²) in [7, 11) is 1.63. The molecule has 3 rings (SSSR count). The maximum atomic E-state index is 11.8. The third-order valence-corrected chi connectivity index (χ3v) is 4.56. The summed E-state index contributed by atoms with van der Waals surface area (Å²) in [5.41, 5.74) is 4.82. The highest BCUT2D eigenvalue weighted by Crippen LogP contribution is 2.30. The van der Waals surface area contributed by atoms with Crippen LogP contribution in [0, 0.1) is 0 Å². The van der Waals surface area contributed by atoms with Crippen molar-refractivity contribution in [2.24, 2.45) is 0 Å². The normalized spacial score (nSPS) is 10.5. The molecule has 1 N–H and O–H groups in total. The van der Waals surface area contributed by atoms with Gasteiger partial charge in [-0.3, -0.25) is 9.78 Å². The van der Waals surface area contributed by atoms with Gasteiger partial charge in [-0.05, 0) is 30.2 Å². The molecule has 0 saturated heterocycles. The van der Waals surface area contributed by atoms with Gasteiger partial charge >= 0.3 is 0 Å². The number of hydrogen-bond acceptors (Lipinski definition) is 4. The van der Waals surface area contributed by atoms with Crippen molar-refractivity contribution in [3.05, 3.63) is 59.2 Å². The van der Waals surface area contributed by atoms with Gasteiger partial charge in [0.05, 0.1) is 5.69 Å². The van der Waals surface area contributed by atoms with Gasteiger partial charge in [-0.2, -0.15) is 0 Å². The zero-order valence-electron chi connectivity index (χ0n) is 13.0. The third kappa shape index (κ3) is 3.14. The second-order valence-corrected chi connectivity index (χ2v) is 5.94. The van der Waals surface area contributed by atoms with Crippen molar-refractivity contribution in [2.45, 2.75) is 13.3 Å². The fourth-order valence-corrected chi connectivity index (χ4v) is 3.25. The maximum absolute atomic E-state index is 11.8. The average molecular weight is 323 g/mol. The van der Waals surface area contributed by atoms with Crippen LogP contribution in [-0.2, 0) is 6.42 Å². The Labute approximate surface area is 139 Å². The topological polar surface area (TPSA) is 54.9 Å². The van der Waals surface area contributed by atoms with Crippen LogP contribution in [0.4, 0.5) is 0 Å². The number of carbonyl (C=O) groups is 1. The van der Waals surface area contributed by atoms with Gasteiger partial charge in [-0.15, -0.1) is 11.3 Å². The second-order valence-electron chi connectivity index (χ2n) is 5.08. The standard InChI is InChI=1S/C18H17N3OS/c1-3-12-7-8-20-10-15(12)16-11-23-18(21-16)14-6-4-5-13(9-14)17(22)19-2/h4-11H,3H2,1-2H3,(H,19,22). The lowest BCUT2D eigenvalue weighted by atomic mass is 10.1. The van der Waals surface area contributed by atoms with Gasteiger partial charge in [0, 0.05) is 41.5 Å². The average Bonchev–Trinajstić information content (AvgIpc) is 3.11. The van der Waals surface area contributed by atoms with E-state index in [1.807, 2.05) is 42.0 Å². The minimum Gasteiger partial charge on any atom is -0.355 e. The molecular formula is C18H17N3OS. The quantitative estimate of drug-likeness (QED) is 0.794. The summed E-state index contributed by atoms with van der Waals surface area (Å²) in [6, 6.07) is 9.54. The molecule has 1 aromatic carbocycles. The minimum atomic E-state index is -0.0934. The fourth-order valence-electron chi connectivity index (χ4n) is 2.43. The lowest BCUT2D eigenvalue weighted by Crippen LogP contribution is -2.17. The van der Waals surface area contributed by atoms with Crippen molar-refractivity contribution in [2.75, 3.05) is 7.05 Å². The van der Waals surface area contributed by atoms with E-state index >= 15 is 0 Å². The molecule has 0 aliphatic heterocycles. The summed E-state index contributed by atoms with van der Waals surface area (Å²) >= 11 is 1.57. The molecule has 116 valence electrons. The van der Waals surface area contributed by atoms with Gasteiger partial charge in [0.25, 0.3) is 5.91 Å². The molecule has 2 aromatic heterocycles. The van der Waals surface area contributed by atoms with E-state index in [4.69, 9.17) is 4.98 Å². The Morgan fingerprint density at radius 1 is 1.30 bits per heavy atom. The minimum absolute atomic E-state index is 0.0934. The van der Waals surface area contributed by atoms with E-state index in [1.54, 1.807) is 24.5 Å². The van der Waals surface area contributed by atoms with Crippen LogP contribution >= 0.6 is 11.3 Å². The van der Waals surface area contributed by atoms with Crippen LogP contribution in [0.3, 0.4) is 0 Å². The van der Waals surface area contributed by atoms with Crippen LogP contribution in [0.1, 0.15) is 22.8 Å². The van der Waals surface area contributed by atoms with Crippen molar-refractivity contribution in [1.29, 1.82) is 0 Å². The molecule has 0 aliphatic rings. The molecule has 0 atom stereocenters. The molecule has 0 saturated carbocycles. The summed E-state index contributed by atoms with van der Waals surface area (Å²) in [5, 5.41) is 5.58. The number of aryl methyl sites for hydroxylation is 1. The highest BCUT2D eigenvalue weighted by molar-refractivity contribution is 7.13. The van der Waals surface area contributed by atoms with Crippen LogP contribution < -0.4 is 5.32 Å². The summed E-state index contributed by atoms with van der Waals surface area (Å²) < 4.78 is 0. The van der Waals surface area contributed by atoms with Gasteiger partial charge in [0.1, 0.15) is 5.01 Å². The highest BCUT2D eigenvalue weighted by Gasteiger charge is 2.11. The lowest BCUT2D eigenvalue weighted by Gasteiger charge is -2.04. The summed E-state index contributed by atoms with van der Waals surface area (Å²) in [5.74, 6) is -0.0934. The van der Waals surface area contributed by atoms with E-state index in [9.17, 15) is 4.79 Å². The molecule has 0 unspecified atom stereocenters. The first-order valence-electron chi connectivity index (χ1n) is 7.44. The predicted octanol–water partition coefficient (Wildman–Crippen LogP) is 3.79. The Bertz CT molecular complexity index is 842. The molecule has 5 heteroatoms. The number of carbonyl (C=O) groups excluding carboxylic acids is 1. The Morgan fingerprint density at radius 2 is 2.17 bits per heavy atom. The van der Waals surface area contributed by atoms with Gasteiger partial charge in [-0.25, -0.2) is 4.98 Å². The molecule has 0 bridgehead atoms. The van der Waals surface area contributed by atoms with Crippen molar-refractivity contribution in [3.8, 4) is 21.8 Å². The Kier molecular flexibility index (Phi) is 4.48. The zero-order valence-corrected chi connectivity index (χ0v) is 13.9. The number of nitrogens with zero attached hydrogens (tertiary/aromatic N) is 2. The third-order valence-electron chi connectivity index (χ3n) is 3.67. The molecule has 3 aromatic rings. The highest BCUT2D eigenvalue weighted by atomic mass is 32.1. The van der Waals surface area contributed by atoms with Crippen LogP contribution in [0.25, 0.3) is 21.8 Å². The van der Waals surface area contributed by atoms with Crippen molar-refractivity contribution < 1.29 is 4.79 Å². The molecule has 0 fully saturated rings. The lowest BCUT2D eigenvalue weighted by molar-refractivity contribution is 0.0963. The smallest absolute Gasteiger partial charge is 0.251 e. The number of rotatable bonds is 4. The summed E-state index contributed by atoms with van der Waals surface area (Å²) in [4.78, 5) is 20.7. The molecule has 4 nitrogen and oxygen atoms in total. The van der Waals surface area contributed by atoms with Gasteiger partial charge in [-0.1, -0.05) is 19.1 Å². The SMILES string of the molecule is CCc1ccncc1-c1csc(-c2cccc(C(=O)NC)c2)n1. The molecule has 23 heavy (non-hydrogen) atoms. The number of aromatic nitrogens is 2. The molecular weight excluding hydrogens is 306 g/mol. The summed E-state index contributed by atoms with van der Waals surface area (Å²) in [6.45, 7) is 2.12. The van der Waals surface area contributed by atoms with E-state index in [0.29, 0.717) is 5.56 Å². The van der Waals surface area contributed by atoms with E-state index in [1.165, 1.54) is 5.56 Å². The number of pyridine rings is 1. The van der Waals surface area contributed by atoms with Gasteiger partial charge in [0.15, 0.2) is 0 Å². The van der Waals surface area contributed by atoms with Gasteiger partial charge in [0.2, 0.25) is 0 Å².